The maximum atomic E-state index is 12.7. The van der Waals surface area contributed by atoms with Crippen molar-refractivity contribution in [3.05, 3.63) is 66.0 Å². The zero-order valence-electron chi connectivity index (χ0n) is 11.3. The van der Waals surface area contributed by atoms with Gasteiger partial charge in [-0.1, -0.05) is 24.3 Å². The summed E-state index contributed by atoms with van der Waals surface area (Å²) in [4.78, 5) is 8.14. The lowest BCUT2D eigenvalue weighted by molar-refractivity contribution is -0.137. The Morgan fingerprint density at radius 1 is 0.955 bits per heavy atom. The van der Waals surface area contributed by atoms with E-state index in [9.17, 15) is 13.2 Å². The third-order valence-electron chi connectivity index (χ3n) is 3.14. The van der Waals surface area contributed by atoms with Crippen LogP contribution in [0.3, 0.4) is 0 Å². The van der Waals surface area contributed by atoms with Crippen molar-refractivity contribution >= 4 is 10.9 Å². The molecule has 0 amide bonds. The largest absolute Gasteiger partial charge is 0.472 e. The molecule has 3 nitrogen and oxygen atoms in total. The molecular weight excluding hydrogens is 293 g/mol. The molecule has 3 aromatic rings. The van der Waals surface area contributed by atoms with Gasteiger partial charge in [0, 0.05) is 0 Å². The number of ether oxygens (including phenoxy) is 1. The Bertz CT molecular complexity index is 797. The predicted molar refractivity (Wildman–Crippen MR) is 75.3 cm³/mol. The van der Waals surface area contributed by atoms with Crippen molar-refractivity contribution in [2.24, 2.45) is 0 Å². The SMILES string of the molecule is FC(F)(F)c1cccc(COc2ncnc3ccccc23)c1. The van der Waals surface area contributed by atoms with Crippen LogP contribution in [-0.2, 0) is 12.8 Å². The topological polar surface area (TPSA) is 35.0 Å². The molecule has 22 heavy (non-hydrogen) atoms. The van der Waals surface area contributed by atoms with Crippen molar-refractivity contribution in [1.29, 1.82) is 0 Å². The van der Waals surface area contributed by atoms with E-state index in [-0.39, 0.29) is 6.61 Å². The maximum absolute atomic E-state index is 12.7. The summed E-state index contributed by atoms with van der Waals surface area (Å²) in [5.41, 5.74) is 0.454. The van der Waals surface area contributed by atoms with Crippen molar-refractivity contribution in [2.45, 2.75) is 12.8 Å². The van der Waals surface area contributed by atoms with Gasteiger partial charge in [0.15, 0.2) is 0 Å². The molecule has 0 aliphatic heterocycles. The molecule has 0 fully saturated rings. The second-order valence-electron chi connectivity index (χ2n) is 4.68. The lowest BCUT2D eigenvalue weighted by Gasteiger charge is -2.10. The van der Waals surface area contributed by atoms with Crippen LogP contribution in [0.15, 0.2) is 54.9 Å². The number of para-hydroxylation sites is 1. The van der Waals surface area contributed by atoms with Gasteiger partial charge in [0.25, 0.3) is 0 Å². The van der Waals surface area contributed by atoms with Gasteiger partial charge in [0.2, 0.25) is 5.88 Å². The highest BCUT2D eigenvalue weighted by atomic mass is 19.4. The fourth-order valence-electron chi connectivity index (χ4n) is 2.08. The van der Waals surface area contributed by atoms with Crippen LogP contribution >= 0.6 is 0 Å². The number of nitrogens with zero attached hydrogens (tertiary/aromatic N) is 2. The van der Waals surface area contributed by atoms with E-state index in [4.69, 9.17) is 4.74 Å². The summed E-state index contributed by atoms with van der Waals surface area (Å²) >= 11 is 0. The molecular formula is C16H11F3N2O. The zero-order chi connectivity index (χ0) is 15.6. The Hall–Kier alpha value is -2.63. The summed E-state index contributed by atoms with van der Waals surface area (Å²) in [5, 5.41) is 0.719. The lowest BCUT2D eigenvalue weighted by atomic mass is 10.1. The molecule has 0 unspecified atom stereocenters. The van der Waals surface area contributed by atoms with Crippen LogP contribution in [0.4, 0.5) is 13.2 Å². The van der Waals surface area contributed by atoms with Crippen LogP contribution in [-0.4, -0.2) is 9.97 Å². The summed E-state index contributed by atoms with van der Waals surface area (Å²) in [6, 6.07) is 12.3. The molecule has 6 heteroatoms. The van der Waals surface area contributed by atoms with Crippen molar-refractivity contribution in [1.82, 2.24) is 9.97 Å². The van der Waals surface area contributed by atoms with Gasteiger partial charge in [-0.15, -0.1) is 0 Å². The molecule has 112 valence electrons. The third kappa shape index (κ3) is 3.00. The summed E-state index contributed by atoms with van der Waals surface area (Å²) in [6.45, 7) is 0.00489. The highest BCUT2D eigenvalue weighted by Gasteiger charge is 2.30. The molecule has 0 spiro atoms. The van der Waals surface area contributed by atoms with E-state index < -0.39 is 11.7 Å². The van der Waals surface area contributed by atoms with Crippen LogP contribution in [0.2, 0.25) is 0 Å². The molecule has 0 saturated heterocycles. The number of halogens is 3. The molecule has 0 bridgehead atoms. The minimum atomic E-state index is -4.36. The number of fused-ring (bicyclic) bond motifs is 1. The van der Waals surface area contributed by atoms with Crippen LogP contribution in [0.25, 0.3) is 10.9 Å². The van der Waals surface area contributed by atoms with Crippen molar-refractivity contribution in [3.63, 3.8) is 0 Å². The Balaban J connectivity index is 1.83. The van der Waals surface area contributed by atoms with Crippen LogP contribution < -0.4 is 4.74 Å². The Morgan fingerprint density at radius 3 is 2.59 bits per heavy atom. The number of hydrogen-bond acceptors (Lipinski definition) is 3. The van der Waals surface area contributed by atoms with E-state index in [1.165, 1.54) is 12.4 Å². The van der Waals surface area contributed by atoms with Gasteiger partial charge < -0.3 is 4.74 Å². The van der Waals surface area contributed by atoms with Gasteiger partial charge in [-0.3, -0.25) is 0 Å². The number of hydrogen-bond donors (Lipinski definition) is 0. The smallest absolute Gasteiger partial charge is 0.416 e. The molecule has 0 N–H and O–H groups in total. The van der Waals surface area contributed by atoms with Gasteiger partial charge in [0.1, 0.15) is 12.9 Å². The Labute approximate surface area is 124 Å². The molecule has 0 aliphatic rings. The molecule has 0 atom stereocenters. The standard InChI is InChI=1S/C16H11F3N2O/c17-16(18,19)12-5-3-4-11(8-12)9-22-15-13-6-1-2-7-14(13)20-10-21-15/h1-8,10H,9H2. The predicted octanol–water partition coefficient (Wildman–Crippen LogP) is 4.23. The second kappa shape index (κ2) is 5.63. The first-order valence-corrected chi connectivity index (χ1v) is 6.53. The zero-order valence-corrected chi connectivity index (χ0v) is 11.3. The average molecular weight is 304 g/mol. The summed E-state index contributed by atoms with van der Waals surface area (Å²) in [6.07, 6.45) is -3.00. The summed E-state index contributed by atoms with van der Waals surface area (Å²) in [7, 11) is 0. The fraction of sp³-hybridized carbons (Fsp3) is 0.125. The highest BCUT2D eigenvalue weighted by molar-refractivity contribution is 5.82. The monoisotopic (exact) mass is 304 g/mol. The number of rotatable bonds is 3. The number of benzene rings is 2. The van der Waals surface area contributed by atoms with Gasteiger partial charge >= 0.3 is 6.18 Å². The highest BCUT2D eigenvalue weighted by Crippen LogP contribution is 2.30. The normalized spacial score (nSPS) is 11.6. The molecule has 2 aromatic carbocycles. The van der Waals surface area contributed by atoms with E-state index in [1.54, 1.807) is 12.1 Å². The second-order valence-corrected chi connectivity index (χ2v) is 4.68. The first-order valence-electron chi connectivity index (χ1n) is 6.53. The van der Waals surface area contributed by atoms with Crippen LogP contribution in [0, 0.1) is 0 Å². The molecule has 1 heterocycles. The summed E-state index contributed by atoms with van der Waals surface area (Å²) in [5.74, 6) is 0.350. The minimum absolute atomic E-state index is 0.00489. The molecule has 0 aliphatic carbocycles. The van der Waals surface area contributed by atoms with E-state index in [1.807, 2.05) is 18.2 Å². The van der Waals surface area contributed by atoms with Gasteiger partial charge in [-0.05, 0) is 29.8 Å². The van der Waals surface area contributed by atoms with Gasteiger partial charge in [0.05, 0.1) is 16.5 Å². The average Bonchev–Trinajstić information content (AvgIpc) is 2.52. The van der Waals surface area contributed by atoms with E-state index >= 15 is 0 Å². The molecule has 0 radical (unpaired) electrons. The van der Waals surface area contributed by atoms with E-state index in [0.29, 0.717) is 11.4 Å². The van der Waals surface area contributed by atoms with Gasteiger partial charge in [-0.2, -0.15) is 13.2 Å². The minimum Gasteiger partial charge on any atom is -0.472 e. The van der Waals surface area contributed by atoms with E-state index in [0.717, 1.165) is 23.0 Å². The van der Waals surface area contributed by atoms with E-state index in [2.05, 4.69) is 9.97 Å². The molecule has 0 saturated carbocycles. The van der Waals surface area contributed by atoms with Crippen molar-refractivity contribution in [2.75, 3.05) is 0 Å². The Morgan fingerprint density at radius 2 is 1.77 bits per heavy atom. The van der Waals surface area contributed by atoms with Crippen molar-refractivity contribution in [3.8, 4) is 5.88 Å². The number of alkyl halides is 3. The number of aromatic nitrogens is 2. The first kappa shape index (κ1) is 14.3. The Kier molecular flexibility index (Phi) is 3.66. The summed E-state index contributed by atoms with van der Waals surface area (Å²) < 4.78 is 43.6. The molecule has 3 rings (SSSR count). The first-order chi connectivity index (χ1) is 10.5. The van der Waals surface area contributed by atoms with Crippen LogP contribution in [0.1, 0.15) is 11.1 Å². The van der Waals surface area contributed by atoms with Gasteiger partial charge in [-0.25, -0.2) is 9.97 Å². The fourth-order valence-corrected chi connectivity index (χ4v) is 2.08. The molecule has 1 aromatic heterocycles. The maximum Gasteiger partial charge on any atom is 0.416 e. The lowest BCUT2D eigenvalue weighted by Crippen LogP contribution is -2.06. The third-order valence-corrected chi connectivity index (χ3v) is 3.14. The quantitative estimate of drug-likeness (QED) is 0.726. The van der Waals surface area contributed by atoms with Crippen LogP contribution in [0.5, 0.6) is 5.88 Å². The van der Waals surface area contributed by atoms with Crippen molar-refractivity contribution < 1.29 is 17.9 Å².